The molecule has 152 valence electrons. The predicted molar refractivity (Wildman–Crippen MR) is 121 cm³/mol. The summed E-state index contributed by atoms with van der Waals surface area (Å²) in [6, 6.07) is 10.4. The predicted octanol–water partition coefficient (Wildman–Crippen LogP) is 5.80. The Morgan fingerprint density at radius 1 is 1.21 bits per heavy atom. The van der Waals surface area contributed by atoms with E-state index in [9.17, 15) is 4.79 Å². The summed E-state index contributed by atoms with van der Waals surface area (Å²) in [6.07, 6.45) is 9.64. The zero-order chi connectivity index (χ0) is 20.8. The topological polar surface area (TPSA) is 45.2 Å². The second-order valence-electron chi connectivity index (χ2n) is 7.92. The number of pyridine rings is 1. The Bertz CT molecular complexity index is 929. The molecule has 0 aliphatic carbocycles. The van der Waals surface area contributed by atoms with Crippen molar-refractivity contribution in [3.63, 3.8) is 0 Å². The van der Waals surface area contributed by atoms with Gasteiger partial charge in [0.15, 0.2) is 0 Å². The molecule has 2 heterocycles. The van der Waals surface area contributed by atoms with Crippen LogP contribution in [0.2, 0.25) is 0 Å². The summed E-state index contributed by atoms with van der Waals surface area (Å²) < 4.78 is 0. The third-order valence-electron chi connectivity index (χ3n) is 5.69. The fourth-order valence-electron chi connectivity index (χ4n) is 3.67. The number of carbonyl (C=O) groups is 1. The summed E-state index contributed by atoms with van der Waals surface area (Å²) in [5.74, 6) is 0.853. The number of benzene rings is 1. The molecule has 0 saturated carbocycles. The summed E-state index contributed by atoms with van der Waals surface area (Å²) >= 11 is 0. The Labute approximate surface area is 174 Å². The van der Waals surface area contributed by atoms with Gasteiger partial charge in [-0.2, -0.15) is 0 Å². The summed E-state index contributed by atoms with van der Waals surface area (Å²) in [5.41, 5.74) is 4.24. The Morgan fingerprint density at radius 2 is 1.93 bits per heavy atom. The summed E-state index contributed by atoms with van der Waals surface area (Å²) in [7, 11) is 0. The van der Waals surface area contributed by atoms with E-state index in [0.717, 1.165) is 42.7 Å². The molecular formula is C25H31N3O. The van der Waals surface area contributed by atoms with E-state index in [1.165, 1.54) is 10.9 Å². The van der Waals surface area contributed by atoms with Crippen molar-refractivity contribution in [2.75, 3.05) is 13.1 Å². The van der Waals surface area contributed by atoms with Crippen LogP contribution < -0.4 is 5.32 Å². The van der Waals surface area contributed by atoms with E-state index < -0.39 is 0 Å². The van der Waals surface area contributed by atoms with E-state index in [4.69, 9.17) is 0 Å². The van der Waals surface area contributed by atoms with E-state index in [1.54, 1.807) is 0 Å². The lowest BCUT2D eigenvalue weighted by atomic mass is 9.87. The molecule has 4 nitrogen and oxygen atoms in total. The van der Waals surface area contributed by atoms with E-state index >= 15 is 0 Å². The van der Waals surface area contributed by atoms with E-state index in [1.807, 2.05) is 42.3 Å². The first-order chi connectivity index (χ1) is 14.0. The molecule has 1 N–H and O–H groups in total. The molecular weight excluding hydrogens is 358 g/mol. The minimum atomic E-state index is -0.0315. The van der Waals surface area contributed by atoms with E-state index in [0.29, 0.717) is 11.8 Å². The highest BCUT2D eigenvalue weighted by Crippen LogP contribution is 2.32. The molecule has 0 atom stereocenters. The minimum absolute atomic E-state index is 0.0315. The molecule has 29 heavy (non-hydrogen) atoms. The van der Waals surface area contributed by atoms with Crippen LogP contribution in [0.3, 0.4) is 0 Å². The van der Waals surface area contributed by atoms with Gasteiger partial charge in [0.25, 0.3) is 0 Å². The average Bonchev–Trinajstić information content (AvgIpc) is 2.75. The van der Waals surface area contributed by atoms with Gasteiger partial charge in [0.2, 0.25) is 0 Å². The number of hydrogen-bond donors (Lipinski definition) is 1. The number of fused-ring (bicyclic) bond motifs is 1. The first kappa shape index (κ1) is 20.8. The van der Waals surface area contributed by atoms with Crippen molar-refractivity contribution in [2.24, 2.45) is 5.92 Å². The molecule has 1 aromatic carbocycles. The van der Waals surface area contributed by atoms with Crippen molar-refractivity contribution >= 4 is 16.9 Å². The lowest BCUT2D eigenvalue weighted by Gasteiger charge is -2.32. The fourth-order valence-corrected chi connectivity index (χ4v) is 3.67. The lowest BCUT2D eigenvalue weighted by molar-refractivity contribution is 0.184. The van der Waals surface area contributed by atoms with Gasteiger partial charge in [0.1, 0.15) is 0 Å². The number of hydrogen-bond acceptors (Lipinski definition) is 2. The van der Waals surface area contributed by atoms with Crippen LogP contribution in [-0.4, -0.2) is 29.0 Å². The molecule has 0 unspecified atom stereocenters. The second-order valence-corrected chi connectivity index (χ2v) is 7.92. The standard InChI is InChI=1S/C25H31N3O/c1-5-21(11-10-19(4)18(2)3)27-25(29)28-16-13-20(14-17-28)22-12-15-26-24-9-7-6-8-23(22)24/h5-12,15,18,20H,4,13-14,16-17H2,1-3H3,(H,27,29)/b11-10-,21-5+. The number of nitrogens with zero attached hydrogens (tertiary/aromatic N) is 2. The van der Waals surface area contributed by atoms with Gasteiger partial charge in [-0.15, -0.1) is 0 Å². The maximum Gasteiger partial charge on any atom is 0.321 e. The Hall–Kier alpha value is -2.88. The zero-order valence-electron chi connectivity index (χ0n) is 17.7. The quantitative estimate of drug-likeness (QED) is 0.657. The molecule has 1 saturated heterocycles. The van der Waals surface area contributed by atoms with Gasteiger partial charge in [-0.1, -0.05) is 56.4 Å². The highest BCUT2D eigenvalue weighted by atomic mass is 16.2. The smallest absolute Gasteiger partial charge is 0.321 e. The van der Waals surface area contributed by atoms with Crippen molar-refractivity contribution in [3.05, 3.63) is 78.2 Å². The number of rotatable bonds is 5. The van der Waals surface area contributed by atoms with Gasteiger partial charge in [0.05, 0.1) is 5.52 Å². The molecule has 1 aromatic heterocycles. The van der Waals surface area contributed by atoms with Gasteiger partial charge < -0.3 is 10.2 Å². The first-order valence-electron chi connectivity index (χ1n) is 10.4. The van der Waals surface area contributed by atoms with Gasteiger partial charge in [-0.25, -0.2) is 4.79 Å². The molecule has 1 fully saturated rings. The summed E-state index contributed by atoms with van der Waals surface area (Å²) in [4.78, 5) is 19.1. The van der Waals surface area contributed by atoms with Crippen molar-refractivity contribution in [3.8, 4) is 0 Å². The Morgan fingerprint density at radius 3 is 2.62 bits per heavy atom. The molecule has 2 amide bonds. The number of amides is 2. The number of carbonyl (C=O) groups excluding carboxylic acids is 1. The Kier molecular flexibility index (Phi) is 6.86. The monoisotopic (exact) mass is 389 g/mol. The van der Waals surface area contributed by atoms with Crippen molar-refractivity contribution in [2.45, 2.75) is 39.5 Å². The molecule has 3 rings (SSSR count). The summed E-state index contributed by atoms with van der Waals surface area (Å²) in [5, 5.41) is 4.25. The largest absolute Gasteiger partial charge is 0.324 e. The van der Waals surface area contributed by atoms with Crippen LogP contribution in [-0.2, 0) is 0 Å². The molecule has 0 radical (unpaired) electrons. The third kappa shape index (κ3) is 5.14. The Balaban J connectivity index is 1.60. The second kappa shape index (κ2) is 9.55. The molecule has 4 heteroatoms. The van der Waals surface area contributed by atoms with Crippen molar-refractivity contribution in [1.29, 1.82) is 0 Å². The van der Waals surface area contributed by atoms with Gasteiger partial charge in [0, 0.05) is 30.4 Å². The van der Waals surface area contributed by atoms with Crippen LogP contribution in [0.5, 0.6) is 0 Å². The number of likely N-dealkylation sites (tertiary alicyclic amines) is 1. The molecule has 2 aromatic rings. The van der Waals surface area contributed by atoms with Crippen molar-refractivity contribution in [1.82, 2.24) is 15.2 Å². The minimum Gasteiger partial charge on any atom is -0.324 e. The number of allylic oxidation sites excluding steroid dienone is 4. The van der Waals surface area contributed by atoms with Gasteiger partial charge in [-0.3, -0.25) is 4.98 Å². The molecule has 1 aliphatic heterocycles. The number of aromatic nitrogens is 1. The van der Waals surface area contributed by atoms with Crippen LogP contribution in [0.25, 0.3) is 10.9 Å². The van der Waals surface area contributed by atoms with Gasteiger partial charge >= 0.3 is 6.03 Å². The normalized spacial score (nSPS) is 16.0. The number of para-hydroxylation sites is 1. The first-order valence-corrected chi connectivity index (χ1v) is 10.4. The molecule has 0 bridgehead atoms. The molecule has 0 spiro atoms. The highest BCUT2D eigenvalue weighted by Gasteiger charge is 2.25. The SMILES string of the molecule is C=C(/C=C\C(=C/C)NC(=O)N1CCC(c2ccnc3ccccc23)CC1)C(C)C. The van der Waals surface area contributed by atoms with Crippen LogP contribution in [0.15, 0.2) is 72.6 Å². The number of urea groups is 1. The van der Waals surface area contributed by atoms with Crippen LogP contribution in [0.1, 0.15) is 45.1 Å². The zero-order valence-corrected chi connectivity index (χ0v) is 17.7. The van der Waals surface area contributed by atoms with Crippen LogP contribution in [0.4, 0.5) is 4.79 Å². The van der Waals surface area contributed by atoms with E-state index in [-0.39, 0.29) is 6.03 Å². The number of nitrogens with one attached hydrogen (secondary N) is 1. The van der Waals surface area contributed by atoms with Crippen LogP contribution in [0, 0.1) is 5.92 Å². The summed E-state index contributed by atoms with van der Waals surface area (Å²) in [6.45, 7) is 11.7. The highest BCUT2D eigenvalue weighted by molar-refractivity contribution is 5.82. The fraction of sp³-hybridized carbons (Fsp3) is 0.360. The third-order valence-corrected chi connectivity index (χ3v) is 5.69. The number of piperidine rings is 1. The maximum absolute atomic E-state index is 12.7. The lowest BCUT2D eigenvalue weighted by Crippen LogP contribution is -2.43. The average molecular weight is 390 g/mol. The maximum atomic E-state index is 12.7. The molecule has 1 aliphatic rings. The van der Waals surface area contributed by atoms with E-state index in [2.05, 4.69) is 55.0 Å². The van der Waals surface area contributed by atoms with Gasteiger partial charge in [-0.05, 0) is 55.4 Å². The van der Waals surface area contributed by atoms with Crippen LogP contribution >= 0.6 is 0 Å². The van der Waals surface area contributed by atoms with Crippen molar-refractivity contribution < 1.29 is 4.79 Å².